The largest absolute Gasteiger partial charge is 0.350 e. The van der Waals surface area contributed by atoms with E-state index in [1.165, 1.54) is 10.4 Å². The van der Waals surface area contributed by atoms with E-state index >= 15 is 0 Å². The van der Waals surface area contributed by atoms with Crippen molar-refractivity contribution in [2.45, 2.75) is 51.0 Å². The summed E-state index contributed by atoms with van der Waals surface area (Å²) in [6.45, 7) is 7.15. The number of benzene rings is 1. The summed E-state index contributed by atoms with van der Waals surface area (Å²) in [6.07, 6.45) is 2.59. The van der Waals surface area contributed by atoms with Gasteiger partial charge in [-0.25, -0.2) is 8.42 Å². The van der Waals surface area contributed by atoms with Crippen LogP contribution in [-0.2, 0) is 10.0 Å². The zero-order valence-corrected chi connectivity index (χ0v) is 14.9. The molecule has 1 aliphatic rings. The molecule has 0 aliphatic carbocycles. The van der Waals surface area contributed by atoms with Gasteiger partial charge in [-0.15, -0.1) is 0 Å². The van der Waals surface area contributed by atoms with E-state index in [1.807, 2.05) is 13.8 Å². The summed E-state index contributed by atoms with van der Waals surface area (Å²) < 4.78 is 27.0. The van der Waals surface area contributed by atoms with Gasteiger partial charge in [0.15, 0.2) is 0 Å². The SMILES string of the molecule is CCC(C)NC(=O)c1cccc(S(=O)(=O)N2CCC(C)CC2)c1. The highest BCUT2D eigenvalue weighted by atomic mass is 32.2. The molecule has 23 heavy (non-hydrogen) atoms. The van der Waals surface area contributed by atoms with Gasteiger partial charge in [0.2, 0.25) is 10.0 Å². The van der Waals surface area contributed by atoms with Crippen molar-refractivity contribution >= 4 is 15.9 Å². The van der Waals surface area contributed by atoms with Crippen LogP contribution in [0.3, 0.4) is 0 Å². The van der Waals surface area contributed by atoms with Gasteiger partial charge in [0.05, 0.1) is 4.90 Å². The third kappa shape index (κ3) is 4.32. The summed E-state index contributed by atoms with van der Waals surface area (Å²) in [4.78, 5) is 12.4. The predicted molar refractivity (Wildman–Crippen MR) is 90.8 cm³/mol. The molecule has 0 bridgehead atoms. The Morgan fingerprint density at radius 3 is 2.61 bits per heavy atom. The van der Waals surface area contributed by atoms with Crippen molar-refractivity contribution in [1.82, 2.24) is 9.62 Å². The highest BCUT2D eigenvalue weighted by Gasteiger charge is 2.28. The van der Waals surface area contributed by atoms with Gasteiger partial charge < -0.3 is 5.32 Å². The fraction of sp³-hybridized carbons (Fsp3) is 0.588. The second kappa shape index (κ2) is 7.45. The van der Waals surface area contributed by atoms with Crippen LogP contribution in [0.2, 0.25) is 0 Å². The Balaban J connectivity index is 2.20. The van der Waals surface area contributed by atoms with Crippen LogP contribution < -0.4 is 5.32 Å². The maximum Gasteiger partial charge on any atom is 0.251 e. The lowest BCUT2D eigenvalue weighted by molar-refractivity contribution is 0.0939. The number of amides is 1. The first-order chi connectivity index (χ1) is 10.8. The zero-order valence-electron chi connectivity index (χ0n) is 14.1. The van der Waals surface area contributed by atoms with Crippen molar-refractivity contribution in [3.05, 3.63) is 29.8 Å². The number of nitrogens with one attached hydrogen (secondary N) is 1. The van der Waals surface area contributed by atoms with Crippen molar-refractivity contribution < 1.29 is 13.2 Å². The van der Waals surface area contributed by atoms with Crippen LogP contribution in [0.5, 0.6) is 0 Å². The molecule has 5 nitrogen and oxygen atoms in total. The molecule has 1 atom stereocenters. The third-order valence-electron chi connectivity index (χ3n) is 4.47. The summed E-state index contributed by atoms with van der Waals surface area (Å²) in [5, 5.41) is 2.86. The number of sulfonamides is 1. The Labute approximate surface area is 139 Å². The lowest BCUT2D eigenvalue weighted by Crippen LogP contribution is -2.38. The van der Waals surface area contributed by atoms with Gasteiger partial charge in [0.25, 0.3) is 5.91 Å². The molecule has 1 aromatic rings. The van der Waals surface area contributed by atoms with Crippen molar-refractivity contribution in [3.8, 4) is 0 Å². The summed E-state index contributed by atoms with van der Waals surface area (Å²) in [7, 11) is -3.52. The van der Waals surface area contributed by atoms with E-state index in [9.17, 15) is 13.2 Å². The quantitative estimate of drug-likeness (QED) is 0.897. The standard InChI is InChI=1S/C17H26N2O3S/c1-4-14(3)18-17(20)15-6-5-7-16(12-15)23(21,22)19-10-8-13(2)9-11-19/h5-7,12-14H,4,8-11H2,1-3H3,(H,18,20). The van der Waals surface area contributed by atoms with E-state index < -0.39 is 10.0 Å². The first kappa shape index (κ1) is 17.9. The topological polar surface area (TPSA) is 66.5 Å². The fourth-order valence-electron chi connectivity index (χ4n) is 2.58. The number of hydrogen-bond acceptors (Lipinski definition) is 3. The van der Waals surface area contributed by atoms with Crippen LogP contribution >= 0.6 is 0 Å². The van der Waals surface area contributed by atoms with E-state index in [0.717, 1.165) is 19.3 Å². The molecule has 1 saturated heterocycles. The normalized spacial score (nSPS) is 18.6. The average molecular weight is 338 g/mol. The Kier molecular flexibility index (Phi) is 5.81. The smallest absolute Gasteiger partial charge is 0.251 e. The zero-order chi connectivity index (χ0) is 17.0. The van der Waals surface area contributed by atoms with E-state index in [1.54, 1.807) is 18.2 Å². The monoisotopic (exact) mass is 338 g/mol. The number of carbonyl (C=O) groups excluding carboxylic acids is 1. The van der Waals surface area contributed by atoms with Crippen molar-refractivity contribution in [1.29, 1.82) is 0 Å². The van der Waals surface area contributed by atoms with Gasteiger partial charge in [-0.3, -0.25) is 4.79 Å². The molecule has 2 rings (SSSR count). The molecule has 1 fully saturated rings. The number of hydrogen-bond donors (Lipinski definition) is 1. The maximum atomic E-state index is 12.7. The summed E-state index contributed by atoms with van der Waals surface area (Å²) in [5.74, 6) is 0.331. The van der Waals surface area contributed by atoms with Crippen molar-refractivity contribution in [2.75, 3.05) is 13.1 Å². The van der Waals surface area contributed by atoms with Crippen molar-refractivity contribution in [2.24, 2.45) is 5.92 Å². The lowest BCUT2D eigenvalue weighted by Gasteiger charge is -2.29. The number of nitrogens with zero attached hydrogens (tertiary/aromatic N) is 1. The minimum absolute atomic E-state index is 0.0614. The molecular formula is C17H26N2O3S. The second-order valence-electron chi connectivity index (χ2n) is 6.40. The predicted octanol–water partition coefficient (Wildman–Crippen LogP) is 2.64. The lowest BCUT2D eigenvalue weighted by atomic mass is 10.0. The van der Waals surface area contributed by atoms with E-state index in [-0.39, 0.29) is 16.8 Å². The van der Waals surface area contributed by atoms with Gasteiger partial charge in [0.1, 0.15) is 0 Å². The third-order valence-corrected chi connectivity index (χ3v) is 6.36. The maximum absolute atomic E-state index is 12.7. The van der Waals surface area contributed by atoms with Crippen LogP contribution in [-0.4, -0.2) is 37.8 Å². The molecule has 1 N–H and O–H groups in total. The molecule has 0 aromatic heterocycles. The van der Waals surface area contributed by atoms with E-state index in [4.69, 9.17) is 0 Å². The Morgan fingerprint density at radius 2 is 2.00 bits per heavy atom. The summed E-state index contributed by atoms with van der Waals surface area (Å²) in [6, 6.07) is 6.38. The molecule has 1 aromatic carbocycles. The average Bonchev–Trinajstić information content (AvgIpc) is 2.55. The molecule has 1 amide bonds. The van der Waals surface area contributed by atoms with E-state index in [2.05, 4.69) is 12.2 Å². The molecule has 1 aliphatic heterocycles. The highest BCUT2D eigenvalue weighted by molar-refractivity contribution is 7.89. The summed E-state index contributed by atoms with van der Waals surface area (Å²) in [5.41, 5.74) is 0.386. The number of carbonyl (C=O) groups is 1. The molecule has 1 heterocycles. The number of rotatable bonds is 5. The first-order valence-corrected chi connectivity index (χ1v) is 9.69. The molecule has 128 valence electrons. The van der Waals surface area contributed by atoms with Gasteiger partial charge in [-0.2, -0.15) is 4.31 Å². The van der Waals surface area contributed by atoms with Crippen LogP contribution in [0.1, 0.15) is 50.4 Å². The molecule has 0 radical (unpaired) electrons. The van der Waals surface area contributed by atoms with Crippen LogP contribution in [0.25, 0.3) is 0 Å². The first-order valence-electron chi connectivity index (χ1n) is 8.25. The molecular weight excluding hydrogens is 312 g/mol. The Bertz CT molecular complexity index is 650. The van der Waals surface area contributed by atoms with Crippen LogP contribution in [0.15, 0.2) is 29.2 Å². The van der Waals surface area contributed by atoms with Crippen LogP contribution in [0.4, 0.5) is 0 Å². The van der Waals surface area contributed by atoms with Gasteiger partial charge in [0, 0.05) is 24.7 Å². The minimum Gasteiger partial charge on any atom is -0.350 e. The molecule has 0 saturated carbocycles. The molecule has 6 heteroatoms. The molecule has 1 unspecified atom stereocenters. The van der Waals surface area contributed by atoms with Crippen LogP contribution in [0, 0.1) is 5.92 Å². The molecule has 0 spiro atoms. The van der Waals surface area contributed by atoms with Crippen molar-refractivity contribution in [3.63, 3.8) is 0 Å². The summed E-state index contributed by atoms with van der Waals surface area (Å²) >= 11 is 0. The number of piperidine rings is 1. The highest BCUT2D eigenvalue weighted by Crippen LogP contribution is 2.24. The van der Waals surface area contributed by atoms with Gasteiger partial charge in [-0.05, 0) is 50.3 Å². The minimum atomic E-state index is -3.52. The Hall–Kier alpha value is -1.40. The second-order valence-corrected chi connectivity index (χ2v) is 8.34. The van der Waals surface area contributed by atoms with Gasteiger partial charge >= 0.3 is 0 Å². The van der Waals surface area contributed by atoms with Gasteiger partial charge in [-0.1, -0.05) is 19.9 Å². The Morgan fingerprint density at radius 1 is 1.35 bits per heavy atom. The van der Waals surface area contributed by atoms with E-state index in [0.29, 0.717) is 24.6 Å². The fourth-order valence-corrected chi connectivity index (χ4v) is 4.10.